The van der Waals surface area contributed by atoms with Crippen LogP contribution in [-0.2, 0) is 19.5 Å². The first kappa shape index (κ1) is 15.8. The van der Waals surface area contributed by atoms with Gasteiger partial charge in [-0.25, -0.2) is 4.68 Å². The normalized spacial score (nSPS) is 10.8. The van der Waals surface area contributed by atoms with Gasteiger partial charge in [0.2, 0.25) is 0 Å². The fourth-order valence-corrected chi connectivity index (χ4v) is 2.30. The van der Waals surface area contributed by atoms with Gasteiger partial charge in [-0.3, -0.25) is 0 Å². The molecule has 0 aliphatic heterocycles. The van der Waals surface area contributed by atoms with Gasteiger partial charge in [-0.1, -0.05) is 23.7 Å². The molecule has 0 amide bonds. The molecule has 0 bridgehead atoms. The van der Waals surface area contributed by atoms with E-state index < -0.39 is 0 Å². The Labute approximate surface area is 130 Å². The van der Waals surface area contributed by atoms with E-state index in [-0.39, 0.29) is 0 Å². The van der Waals surface area contributed by atoms with Gasteiger partial charge in [0, 0.05) is 18.1 Å². The van der Waals surface area contributed by atoms with Gasteiger partial charge in [0.15, 0.2) is 0 Å². The Morgan fingerprint density at radius 2 is 2.00 bits per heavy atom. The second-order valence-electron chi connectivity index (χ2n) is 4.77. The smallest absolute Gasteiger partial charge is 0.119 e. The van der Waals surface area contributed by atoms with Crippen molar-refractivity contribution < 1.29 is 4.74 Å². The highest BCUT2D eigenvalue weighted by Crippen LogP contribution is 2.15. The van der Waals surface area contributed by atoms with Crippen molar-refractivity contribution in [3.05, 3.63) is 40.7 Å². The highest BCUT2D eigenvalue weighted by molar-refractivity contribution is 6.30. The van der Waals surface area contributed by atoms with Crippen LogP contribution in [0.2, 0.25) is 5.02 Å². The molecule has 0 spiro atoms. The Morgan fingerprint density at radius 1 is 1.24 bits per heavy atom. The Bertz CT molecular complexity index is 553. The largest absolute Gasteiger partial charge is 0.494 e. The molecule has 0 unspecified atom stereocenters. The van der Waals surface area contributed by atoms with E-state index in [0.29, 0.717) is 13.2 Å². The minimum atomic E-state index is 0.447. The molecule has 5 nitrogen and oxygen atoms in total. The molecule has 1 aromatic carbocycles. The van der Waals surface area contributed by atoms with Crippen molar-refractivity contribution in [2.24, 2.45) is 5.73 Å². The molecule has 6 heteroatoms. The molecule has 0 saturated heterocycles. The van der Waals surface area contributed by atoms with E-state index in [1.807, 2.05) is 28.9 Å². The number of unbranched alkanes of at least 4 members (excludes halogenated alkanes) is 1. The van der Waals surface area contributed by atoms with Gasteiger partial charge in [0.25, 0.3) is 0 Å². The minimum Gasteiger partial charge on any atom is -0.494 e. The van der Waals surface area contributed by atoms with Crippen LogP contribution in [0.1, 0.15) is 31.2 Å². The lowest BCUT2D eigenvalue weighted by Gasteiger charge is -2.07. The summed E-state index contributed by atoms with van der Waals surface area (Å²) in [5, 5.41) is 8.98. The van der Waals surface area contributed by atoms with Crippen LogP contribution in [-0.4, -0.2) is 21.6 Å². The highest BCUT2D eigenvalue weighted by atomic mass is 35.5. The summed E-state index contributed by atoms with van der Waals surface area (Å²) in [6.45, 7) is 4.07. The van der Waals surface area contributed by atoms with Crippen molar-refractivity contribution in [3.8, 4) is 5.75 Å². The van der Waals surface area contributed by atoms with Gasteiger partial charge in [-0.15, -0.1) is 5.10 Å². The third kappa shape index (κ3) is 4.44. The number of aryl methyl sites for hydroxylation is 1. The number of nitrogens with zero attached hydrogens (tertiary/aromatic N) is 3. The summed E-state index contributed by atoms with van der Waals surface area (Å²) in [5.41, 5.74) is 7.68. The SMILES string of the molecule is CCc1c(CN)nnn1CCCCOc1ccc(Cl)cc1. The Kier molecular flexibility index (Phi) is 6.02. The van der Waals surface area contributed by atoms with Crippen LogP contribution in [0.4, 0.5) is 0 Å². The Hall–Kier alpha value is -1.59. The van der Waals surface area contributed by atoms with Gasteiger partial charge in [-0.05, 0) is 43.5 Å². The molecule has 0 saturated carbocycles. The number of hydrogen-bond donors (Lipinski definition) is 1. The molecule has 0 radical (unpaired) electrons. The average molecular weight is 309 g/mol. The third-order valence-corrected chi connectivity index (χ3v) is 3.54. The molecule has 2 aromatic rings. The number of hydrogen-bond acceptors (Lipinski definition) is 4. The van der Waals surface area contributed by atoms with E-state index >= 15 is 0 Å². The van der Waals surface area contributed by atoms with Crippen LogP contribution < -0.4 is 10.5 Å². The number of ether oxygens (including phenoxy) is 1. The maximum atomic E-state index is 5.83. The van der Waals surface area contributed by atoms with E-state index in [4.69, 9.17) is 22.1 Å². The molecule has 0 fully saturated rings. The van der Waals surface area contributed by atoms with Crippen LogP contribution in [0.5, 0.6) is 5.75 Å². The summed E-state index contributed by atoms with van der Waals surface area (Å²) in [6.07, 6.45) is 2.86. The van der Waals surface area contributed by atoms with Crippen molar-refractivity contribution >= 4 is 11.6 Å². The predicted molar refractivity (Wildman–Crippen MR) is 83.5 cm³/mol. The van der Waals surface area contributed by atoms with Gasteiger partial charge in [0.05, 0.1) is 18.0 Å². The minimum absolute atomic E-state index is 0.447. The van der Waals surface area contributed by atoms with Crippen molar-refractivity contribution in [1.29, 1.82) is 0 Å². The van der Waals surface area contributed by atoms with E-state index in [0.717, 1.165) is 48.0 Å². The first-order valence-corrected chi connectivity index (χ1v) is 7.62. The van der Waals surface area contributed by atoms with Crippen molar-refractivity contribution in [1.82, 2.24) is 15.0 Å². The topological polar surface area (TPSA) is 66.0 Å². The Morgan fingerprint density at radius 3 is 2.67 bits per heavy atom. The fourth-order valence-electron chi connectivity index (χ4n) is 2.18. The zero-order valence-electron chi connectivity index (χ0n) is 12.3. The van der Waals surface area contributed by atoms with E-state index in [1.54, 1.807) is 0 Å². The first-order chi connectivity index (χ1) is 10.2. The number of nitrogens with two attached hydrogens (primary N) is 1. The van der Waals surface area contributed by atoms with Gasteiger partial charge < -0.3 is 10.5 Å². The summed E-state index contributed by atoms with van der Waals surface area (Å²) in [4.78, 5) is 0. The number of aromatic nitrogens is 3. The summed E-state index contributed by atoms with van der Waals surface area (Å²) in [6, 6.07) is 7.41. The summed E-state index contributed by atoms with van der Waals surface area (Å²) in [5.74, 6) is 0.847. The molecule has 0 atom stereocenters. The number of halogens is 1. The molecule has 0 aliphatic carbocycles. The van der Waals surface area contributed by atoms with Crippen molar-refractivity contribution in [2.45, 2.75) is 39.3 Å². The molecule has 2 N–H and O–H groups in total. The Balaban J connectivity index is 1.72. The lowest BCUT2D eigenvalue weighted by atomic mass is 10.2. The lowest BCUT2D eigenvalue weighted by molar-refractivity contribution is 0.301. The van der Waals surface area contributed by atoms with E-state index in [1.165, 1.54) is 0 Å². The molecule has 114 valence electrons. The van der Waals surface area contributed by atoms with Crippen LogP contribution in [0.15, 0.2) is 24.3 Å². The summed E-state index contributed by atoms with van der Waals surface area (Å²) < 4.78 is 7.61. The molecule has 21 heavy (non-hydrogen) atoms. The van der Waals surface area contributed by atoms with Crippen LogP contribution in [0.3, 0.4) is 0 Å². The van der Waals surface area contributed by atoms with E-state index in [9.17, 15) is 0 Å². The van der Waals surface area contributed by atoms with Crippen LogP contribution in [0, 0.1) is 0 Å². The predicted octanol–water partition coefficient (Wildman–Crippen LogP) is 2.81. The second kappa shape index (κ2) is 8.00. The molecular formula is C15H21ClN4O. The highest BCUT2D eigenvalue weighted by Gasteiger charge is 2.08. The molecule has 1 heterocycles. The third-order valence-electron chi connectivity index (χ3n) is 3.29. The standard InChI is InChI=1S/C15H21ClN4O/c1-2-15-14(11-17)18-19-20(15)9-3-4-10-21-13-7-5-12(16)6-8-13/h5-8H,2-4,9-11,17H2,1H3. The van der Waals surface area contributed by atoms with Gasteiger partial charge in [0.1, 0.15) is 5.75 Å². The van der Waals surface area contributed by atoms with Crippen LogP contribution >= 0.6 is 11.6 Å². The summed E-state index contributed by atoms with van der Waals surface area (Å²) in [7, 11) is 0. The fraction of sp³-hybridized carbons (Fsp3) is 0.467. The monoisotopic (exact) mass is 308 g/mol. The number of benzene rings is 1. The maximum absolute atomic E-state index is 5.83. The zero-order chi connectivity index (χ0) is 15.1. The van der Waals surface area contributed by atoms with E-state index in [2.05, 4.69) is 17.2 Å². The lowest BCUT2D eigenvalue weighted by Crippen LogP contribution is -2.08. The van der Waals surface area contributed by atoms with Crippen molar-refractivity contribution in [2.75, 3.05) is 6.61 Å². The van der Waals surface area contributed by atoms with Gasteiger partial charge in [-0.2, -0.15) is 0 Å². The van der Waals surface area contributed by atoms with Crippen LogP contribution in [0.25, 0.3) is 0 Å². The average Bonchev–Trinajstić information content (AvgIpc) is 2.90. The molecular weight excluding hydrogens is 288 g/mol. The second-order valence-corrected chi connectivity index (χ2v) is 5.21. The van der Waals surface area contributed by atoms with Gasteiger partial charge >= 0.3 is 0 Å². The first-order valence-electron chi connectivity index (χ1n) is 7.24. The van der Waals surface area contributed by atoms with Crippen molar-refractivity contribution in [3.63, 3.8) is 0 Å². The molecule has 2 rings (SSSR count). The quantitative estimate of drug-likeness (QED) is 0.762. The zero-order valence-corrected chi connectivity index (χ0v) is 13.0. The maximum Gasteiger partial charge on any atom is 0.119 e. The number of rotatable bonds is 8. The molecule has 1 aromatic heterocycles. The summed E-state index contributed by atoms with van der Waals surface area (Å²) >= 11 is 5.83. The molecule has 0 aliphatic rings.